The number of thiophene rings is 1. The van der Waals surface area contributed by atoms with Crippen LogP contribution >= 0.6 is 38.9 Å². The predicted molar refractivity (Wildman–Crippen MR) is 77.9 cm³/mol. The second-order valence-corrected chi connectivity index (χ2v) is 6.23. The largest absolute Gasteiger partial charge is 0.433 e. The van der Waals surface area contributed by atoms with Gasteiger partial charge in [-0.25, -0.2) is 0 Å². The Labute approximate surface area is 126 Å². The summed E-state index contributed by atoms with van der Waals surface area (Å²) in [4.78, 5) is 11.0. The van der Waals surface area contributed by atoms with Crippen LogP contribution in [0.4, 0.5) is 5.88 Å². The number of furan rings is 1. The highest BCUT2D eigenvalue weighted by molar-refractivity contribution is 9.10. The normalized spacial score (nSPS) is 12.6. The molecule has 0 bridgehead atoms. The van der Waals surface area contributed by atoms with E-state index < -0.39 is 4.92 Å². The Balaban J connectivity index is 2.35. The summed E-state index contributed by atoms with van der Waals surface area (Å²) in [5.41, 5.74) is 0. The molecule has 0 amide bonds. The van der Waals surface area contributed by atoms with Crippen LogP contribution in [0.2, 0.25) is 4.34 Å². The Hall–Kier alpha value is -0.890. The van der Waals surface area contributed by atoms with E-state index in [-0.39, 0.29) is 11.9 Å². The lowest BCUT2D eigenvalue weighted by Crippen LogP contribution is -2.20. The Kier molecular flexibility index (Phi) is 4.62. The smallest absolute Gasteiger partial charge is 0.404 e. The topological polar surface area (TPSA) is 68.3 Å². The van der Waals surface area contributed by atoms with Gasteiger partial charge in [-0.2, -0.15) is 0 Å². The fourth-order valence-electron chi connectivity index (χ4n) is 1.65. The highest BCUT2D eigenvalue weighted by atomic mass is 79.9. The first-order valence-corrected chi connectivity index (χ1v) is 7.44. The van der Waals surface area contributed by atoms with Crippen molar-refractivity contribution in [1.29, 1.82) is 0 Å². The maximum Gasteiger partial charge on any atom is 0.433 e. The molecule has 0 aromatic carbocycles. The van der Waals surface area contributed by atoms with Crippen LogP contribution in [0.25, 0.3) is 0 Å². The summed E-state index contributed by atoms with van der Waals surface area (Å²) < 4.78 is 6.69. The Morgan fingerprint density at radius 1 is 1.63 bits per heavy atom. The SMILES string of the molecule is CCNC(c1ccc([N+](=O)[O-])o1)c1cc(Br)c(Cl)s1. The third-order valence-corrected chi connectivity index (χ3v) is 4.97. The quantitative estimate of drug-likeness (QED) is 0.631. The van der Waals surface area contributed by atoms with Crippen molar-refractivity contribution in [1.82, 2.24) is 5.32 Å². The highest BCUT2D eigenvalue weighted by Gasteiger charge is 2.23. The standard InChI is InChI=1S/C11H10BrClN2O3S/c1-2-14-10(8-5-6(12)11(13)19-8)7-3-4-9(18-7)15(16)17/h3-5,10,14H,2H2,1H3. The number of hydrogen-bond acceptors (Lipinski definition) is 5. The van der Waals surface area contributed by atoms with Crippen molar-refractivity contribution in [3.63, 3.8) is 0 Å². The van der Waals surface area contributed by atoms with Crippen molar-refractivity contribution in [2.45, 2.75) is 13.0 Å². The average molecular weight is 366 g/mol. The molecule has 2 aromatic rings. The fourth-order valence-corrected chi connectivity index (χ4v) is 3.47. The molecule has 0 aliphatic heterocycles. The van der Waals surface area contributed by atoms with Crippen LogP contribution in [-0.4, -0.2) is 11.5 Å². The number of nitrogens with zero attached hydrogens (tertiary/aromatic N) is 1. The molecule has 2 rings (SSSR count). The second kappa shape index (κ2) is 6.04. The van der Waals surface area contributed by atoms with Gasteiger partial charge >= 0.3 is 5.88 Å². The van der Waals surface area contributed by atoms with E-state index >= 15 is 0 Å². The molecule has 2 heterocycles. The first-order valence-electron chi connectivity index (χ1n) is 5.45. The summed E-state index contributed by atoms with van der Waals surface area (Å²) >= 11 is 10.8. The van der Waals surface area contributed by atoms with Crippen LogP contribution in [0.5, 0.6) is 0 Å². The van der Waals surface area contributed by atoms with Gasteiger partial charge in [0.1, 0.15) is 21.1 Å². The van der Waals surface area contributed by atoms with Crippen LogP contribution in [0.1, 0.15) is 23.6 Å². The first-order chi connectivity index (χ1) is 9.02. The van der Waals surface area contributed by atoms with Crippen LogP contribution in [-0.2, 0) is 0 Å². The van der Waals surface area contributed by atoms with Gasteiger partial charge in [-0.05, 0) is 34.6 Å². The zero-order valence-electron chi connectivity index (χ0n) is 9.85. The summed E-state index contributed by atoms with van der Waals surface area (Å²) in [6.07, 6.45) is 0. The van der Waals surface area contributed by atoms with Crippen molar-refractivity contribution in [3.8, 4) is 0 Å². The molecule has 0 saturated heterocycles. The minimum Gasteiger partial charge on any atom is -0.404 e. The molecule has 19 heavy (non-hydrogen) atoms. The molecule has 2 aromatic heterocycles. The van der Waals surface area contributed by atoms with E-state index in [1.807, 2.05) is 13.0 Å². The maximum atomic E-state index is 10.7. The molecule has 0 fully saturated rings. The van der Waals surface area contributed by atoms with Crippen molar-refractivity contribution in [3.05, 3.63) is 47.8 Å². The molecule has 5 nitrogen and oxygen atoms in total. The Morgan fingerprint density at radius 3 is 2.84 bits per heavy atom. The van der Waals surface area contributed by atoms with Crippen LogP contribution < -0.4 is 5.32 Å². The third-order valence-electron chi connectivity index (χ3n) is 2.43. The van der Waals surface area contributed by atoms with E-state index in [0.717, 1.165) is 9.35 Å². The van der Waals surface area contributed by atoms with Crippen LogP contribution in [0, 0.1) is 10.1 Å². The van der Waals surface area contributed by atoms with E-state index in [0.29, 0.717) is 16.6 Å². The van der Waals surface area contributed by atoms with Gasteiger partial charge in [-0.3, -0.25) is 10.1 Å². The molecule has 0 spiro atoms. The molecular formula is C11H10BrClN2O3S. The summed E-state index contributed by atoms with van der Waals surface area (Å²) in [5.74, 6) is 0.235. The van der Waals surface area contributed by atoms with Gasteiger partial charge in [-0.1, -0.05) is 18.5 Å². The molecule has 0 saturated carbocycles. The Morgan fingerprint density at radius 2 is 2.37 bits per heavy atom. The predicted octanol–water partition coefficient (Wildman–Crippen LogP) is 4.36. The molecule has 8 heteroatoms. The summed E-state index contributed by atoms with van der Waals surface area (Å²) in [7, 11) is 0. The molecule has 0 aliphatic rings. The van der Waals surface area contributed by atoms with E-state index in [1.54, 1.807) is 6.07 Å². The molecular weight excluding hydrogens is 356 g/mol. The number of nitrogens with one attached hydrogen (secondary N) is 1. The fraction of sp³-hybridized carbons (Fsp3) is 0.273. The second-order valence-electron chi connectivity index (χ2n) is 3.69. The van der Waals surface area contributed by atoms with E-state index in [2.05, 4.69) is 21.2 Å². The van der Waals surface area contributed by atoms with Gasteiger partial charge in [0.05, 0.1) is 6.07 Å². The molecule has 1 atom stereocenters. The van der Waals surface area contributed by atoms with Crippen molar-refractivity contribution in [2.75, 3.05) is 6.54 Å². The lowest BCUT2D eigenvalue weighted by molar-refractivity contribution is -0.402. The average Bonchev–Trinajstić information content (AvgIpc) is 2.95. The van der Waals surface area contributed by atoms with Crippen molar-refractivity contribution >= 4 is 44.8 Å². The first kappa shape index (κ1) is 14.5. The lowest BCUT2D eigenvalue weighted by atomic mass is 10.2. The molecule has 0 aliphatic carbocycles. The number of halogens is 2. The minimum absolute atomic E-state index is 0.243. The van der Waals surface area contributed by atoms with Crippen molar-refractivity contribution in [2.24, 2.45) is 0 Å². The maximum absolute atomic E-state index is 10.7. The third kappa shape index (κ3) is 3.17. The van der Waals surface area contributed by atoms with Crippen molar-refractivity contribution < 1.29 is 9.34 Å². The number of nitro groups is 1. The highest BCUT2D eigenvalue weighted by Crippen LogP contribution is 2.38. The minimum atomic E-state index is -0.552. The number of rotatable bonds is 5. The molecule has 0 radical (unpaired) electrons. The number of hydrogen-bond donors (Lipinski definition) is 1. The van der Waals surface area contributed by atoms with E-state index in [9.17, 15) is 10.1 Å². The van der Waals surface area contributed by atoms with Gasteiger partial charge in [0, 0.05) is 9.35 Å². The summed E-state index contributed by atoms with van der Waals surface area (Å²) in [6.45, 7) is 2.65. The zero-order chi connectivity index (χ0) is 14.0. The van der Waals surface area contributed by atoms with Gasteiger partial charge < -0.3 is 9.73 Å². The Bertz CT molecular complexity index is 579. The zero-order valence-corrected chi connectivity index (χ0v) is 13.0. The molecule has 1 unspecified atom stereocenters. The summed E-state index contributed by atoms with van der Waals surface area (Å²) in [6, 6.07) is 4.60. The van der Waals surface area contributed by atoms with Gasteiger partial charge in [0.15, 0.2) is 0 Å². The van der Waals surface area contributed by atoms with Gasteiger partial charge in [-0.15, -0.1) is 11.3 Å². The monoisotopic (exact) mass is 364 g/mol. The van der Waals surface area contributed by atoms with Gasteiger partial charge in [0.25, 0.3) is 0 Å². The van der Waals surface area contributed by atoms with Crippen LogP contribution in [0.3, 0.4) is 0 Å². The molecule has 102 valence electrons. The lowest BCUT2D eigenvalue weighted by Gasteiger charge is -2.12. The summed E-state index contributed by atoms with van der Waals surface area (Å²) in [5, 5.41) is 13.9. The molecule has 1 N–H and O–H groups in total. The van der Waals surface area contributed by atoms with E-state index in [4.69, 9.17) is 16.0 Å². The van der Waals surface area contributed by atoms with E-state index in [1.165, 1.54) is 17.4 Å². The van der Waals surface area contributed by atoms with Gasteiger partial charge in [0.2, 0.25) is 0 Å². The van der Waals surface area contributed by atoms with Crippen LogP contribution in [0.15, 0.2) is 27.1 Å².